The molecule has 8 nitrogen and oxygen atoms in total. The first-order valence-electron chi connectivity index (χ1n) is 6.39. The van der Waals surface area contributed by atoms with E-state index in [0.717, 1.165) is 19.5 Å². The van der Waals surface area contributed by atoms with Gasteiger partial charge in [0.15, 0.2) is 10.1 Å². The summed E-state index contributed by atoms with van der Waals surface area (Å²) in [5.74, 6) is -0.166. The summed E-state index contributed by atoms with van der Waals surface area (Å²) in [6.45, 7) is 5.15. The van der Waals surface area contributed by atoms with Crippen LogP contribution in [0.2, 0.25) is 0 Å². The minimum Gasteiger partial charge on any atom is -0.741 e. The van der Waals surface area contributed by atoms with Crippen molar-refractivity contribution in [1.29, 1.82) is 0 Å². The molecule has 0 aliphatic rings. The number of halogens is 3. The number of hydrogen-bond acceptors (Lipinski definition) is 5. The molecular formula is C11H17F3N2O6S2. The highest BCUT2D eigenvalue weighted by atomic mass is 32.2. The van der Waals surface area contributed by atoms with E-state index >= 15 is 0 Å². The summed E-state index contributed by atoms with van der Waals surface area (Å²) in [6, 6.07) is 0. The maximum absolute atomic E-state index is 10.7. The van der Waals surface area contributed by atoms with Crippen LogP contribution in [0.15, 0.2) is 31.4 Å². The van der Waals surface area contributed by atoms with Crippen LogP contribution < -0.4 is 4.57 Å². The Kier molecular flexibility index (Phi) is 8.60. The molecule has 1 rings (SSSR count). The number of alkyl halides is 3. The lowest BCUT2D eigenvalue weighted by Crippen LogP contribution is -2.31. The maximum Gasteiger partial charge on any atom is 0.485 e. The summed E-state index contributed by atoms with van der Waals surface area (Å²) in [4.78, 5) is 0. The van der Waals surface area contributed by atoms with Gasteiger partial charge in [0.1, 0.15) is 18.9 Å². The van der Waals surface area contributed by atoms with Crippen molar-refractivity contribution in [2.75, 3.05) is 5.75 Å². The summed E-state index contributed by atoms with van der Waals surface area (Å²) in [5, 5.41) is 0. The van der Waals surface area contributed by atoms with Gasteiger partial charge in [-0.05, 0) is 12.8 Å². The molecule has 0 saturated carbocycles. The standard InChI is InChI=1S/C10H16N2O3S.CHF3O3S/c1-2-5-11-7-8-12(10-11)6-3-4-9-16(13,14)15;2-1(3,4)8(5,6)7/h2,7-8,10H,1,3-6,9H2;(H,5,6,7). The number of hydrogen-bond donors (Lipinski definition) is 1. The number of imidazole rings is 1. The molecule has 0 bridgehead atoms. The predicted molar refractivity (Wildman–Crippen MR) is 76.2 cm³/mol. The molecule has 1 heterocycles. The van der Waals surface area contributed by atoms with E-state index in [1.54, 1.807) is 0 Å². The van der Waals surface area contributed by atoms with Gasteiger partial charge in [0, 0.05) is 0 Å². The second-order valence-corrected chi connectivity index (χ2v) is 7.47. The van der Waals surface area contributed by atoms with Crippen LogP contribution in [-0.2, 0) is 33.3 Å². The summed E-state index contributed by atoms with van der Waals surface area (Å²) in [5.41, 5.74) is -5.65. The average Bonchev–Trinajstić information content (AvgIpc) is 2.80. The Hall–Kier alpha value is -1.44. The van der Waals surface area contributed by atoms with Gasteiger partial charge in [0.2, 0.25) is 6.33 Å². The minimum atomic E-state index is -6.09. The van der Waals surface area contributed by atoms with E-state index in [1.165, 1.54) is 0 Å². The summed E-state index contributed by atoms with van der Waals surface area (Å²) in [6.07, 6.45) is 8.81. The van der Waals surface area contributed by atoms with Crippen LogP contribution in [0.3, 0.4) is 0 Å². The highest BCUT2D eigenvalue weighted by Gasteiger charge is 2.36. The molecule has 1 aromatic heterocycles. The number of unbranched alkanes of at least 4 members (excludes halogenated alkanes) is 1. The normalized spacial score (nSPS) is 12.4. The molecule has 140 valence electrons. The molecule has 0 unspecified atom stereocenters. The fourth-order valence-electron chi connectivity index (χ4n) is 1.41. The van der Waals surface area contributed by atoms with Gasteiger partial charge in [0.05, 0.1) is 12.3 Å². The van der Waals surface area contributed by atoms with Gasteiger partial charge < -0.3 is 4.55 Å². The molecule has 0 amide bonds. The highest BCUT2D eigenvalue weighted by Crippen LogP contribution is 2.20. The van der Waals surface area contributed by atoms with Crippen LogP contribution in [0, 0.1) is 0 Å². The molecule has 1 N–H and O–H groups in total. The summed E-state index contributed by atoms with van der Waals surface area (Å²) in [7, 11) is -9.90. The second kappa shape index (κ2) is 9.15. The van der Waals surface area contributed by atoms with E-state index in [9.17, 15) is 21.6 Å². The molecule has 0 saturated heterocycles. The third kappa shape index (κ3) is 10.4. The Morgan fingerprint density at radius 1 is 1.25 bits per heavy atom. The lowest BCUT2D eigenvalue weighted by molar-refractivity contribution is -0.696. The smallest absolute Gasteiger partial charge is 0.485 e. The van der Waals surface area contributed by atoms with Crippen LogP contribution >= 0.6 is 0 Å². The van der Waals surface area contributed by atoms with Crippen LogP contribution in [0.25, 0.3) is 0 Å². The van der Waals surface area contributed by atoms with Crippen molar-refractivity contribution >= 4 is 20.2 Å². The zero-order valence-corrected chi connectivity index (χ0v) is 14.0. The second-order valence-electron chi connectivity index (χ2n) is 4.53. The molecule has 24 heavy (non-hydrogen) atoms. The van der Waals surface area contributed by atoms with Crippen molar-refractivity contribution in [3.63, 3.8) is 0 Å². The number of rotatable bonds is 7. The van der Waals surface area contributed by atoms with Crippen LogP contribution in [0.4, 0.5) is 13.2 Å². The van der Waals surface area contributed by atoms with E-state index in [0.29, 0.717) is 6.42 Å². The fourth-order valence-corrected chi connectivity index (χ4v) is 1.98. The fraction of sp³-hybridized carbons (Fsp3) is 0.545. The third-order valence-electron chi connectivity index (χ3n) is 2.44. The molecule has 0 fully saturated rings. The van der Waals surface area contributed by atoms with Crippen molar-refractivity contribution in [1.82, 2.24) is 4.57 Å². The molecule has 0 aliphatic carbocycles. The Bertz CT molecular complexity index is 725. The first-order chi connectivity index (χ1) is 10.8. The predicted octanol–water partition coefficient (Wildman–Crippen LogP) is 0.681. The van der Waals surface area contributed by atoms with Gasteiger partial charge in [-0.15, -0.1) is 0 Å². The lowest BCUT2D eigenvalue weighted by Gasteiger charge is -2.08. The van der Waals surface area contributed by atoms with Gasteiger partial charge in [-0.25, -0.2) is 17.6 Å². The van der Waals surface area contributed by atoms with Crippen LogP contribution in [0.1, 0.15) is 12.8 Å². The van der Waals surface area contributed by atoms with E-state index < -0.39 is 25.7 Å². The monoisotopic (exact) mass is 394 g/mol. The van der Waals surface area contributed by atoms with Crippen molar-refractivity contribution in [2.24, 2.45) is 0 Å². The SMILES string of the molecule is C=CCn1cc[n+](CCCCS(=O)(=O)O)c1.O=S(=O)([O-])C(F)(F)F. The quantitative estimate of drug-likeness (QED) is 0.239. The summed E-state index contributed by atoms with van der Waals surface area (Å²) >= 11 is 0. The Balaban J connectivity index is 0.000000561. The number of allylic oxidation sites excluding steroid dienone is 1. The van der Waals surface area contributed by atoms with Gasteiger partial charge in [-0.2, -0.15) is 21.6 Å². The first kappa shape index (κ1) is 22.6. The van der Waals surface area contributed by atoms with E-state index in [4.69, 9.17) is 17.5 Å². The molecular weight excluding hydrogens is 377 g/mol. The largest absolute Gasteiger partial charge is 0.741 e. The first-order valence-corrected chi connectivity index (χ1v) is 9.41. The lowest BCUT2D eigenvalue weighted by atomic mass is 10.3. The number of nitrogens with zero attached hydrogens (tertiary/aromatic N) is 2. The molecule has 13 heteroatoms. The Morgan fingerprint density at radius 3 is 2.21 bits per heavy atom. The maximum atomic E-state index is 10.7. The van der Waals surface area contributed by atoms with Crippen LogP contribution in [-0.4, -0.2) is 41.8 Å². The molecule has 0 atom stereocenters. The molecule has 0 spiro atoms. The molecule has 0 aromatic carbocycles. The Labute approximate surface area is 137 Å². The van der Waals surface area contributed by atoms with Gasteiger partial charge in [0.25, 0.3) is 10.1 Å². The minimum absolute atomic E-state index is 0.166. The average molecular weight is 394 g/mol. The molecule has 0 aliphatic heterocycles. The zero-order valence-electron chi connectivity index (χ0n) is 12.4. The molecule has 0 radical (unpaired) electrons. The van der Waals surface area contributed by atoms with E-state index in [-0.39, 0.29) is 5.75 Å². The van der Waals surface area contributed by atoms with Gasteiger partial charge in [-0.3, -0.25) is 4.55 Å². The van der Waals surface area contributed by atoms with Crippen molar-refractivity contribution in [3.8, 4) is 0 Å². The van der Waals surface area contributed by atoms with Crippen molar-refractivity contribution < 1.29 is 43.7 Å². The van der Waals surface area contributed by atoms with Crippen molar-refractivity contribution in [3.05, 3.63) is 31.4 Å². The Morgan fingerprint density at radius 2 is 1.79 bits per heavy atom. The summed E-state index contributed by atoms with van der Waals surface area (Å²) < 4.78 is 92.3. The third-order valence-corrected chi connectivity index (χ3v) is 3.81. The highest BCUT2D eigenvalue weighted by molar-refractivity contribution is 7.86. The topological polar surface area (TPSA) is 120 Å². The zero-order chi connectivity index (χ0) is 19.0. The molecule has 1 aromatic rings. The number of aryl methyl sites for hydroxylation is 1. The van der Waals surface area contributed by atoms with E-state index in [1.807, 2.05) is 33.9 Å². The van der Waals surface area contributed by atoms with E-state index in [2.05, 4.69) is 6.58 Å². The van der Waals surface area contributed by atoms with Crippen LogP contribution in [0.5, 0.6) is 0 Å². The number of aromatic nitrogens is 2. The van der Waals surface area contributed by atoms with Crippen molar-refractivity contribution in [2.45, 2.75) is 31.4 Å². The van der Waals surface area contributed by atoms with Gasteiger partial charge in [-0.1, -0.05) is 12.7 Å². The van der Waals surface area contributed by atoms with Gasteiger partial charge >= 0.3 is 5.51 Å².